The number of nitrogens with zero attached hydrogens (tertiary/aromatic N) is 1. The smallest absolute Gasteiger partial charge is 0.387 e. The number of benzene rings is 1. The zero-order valence-corrected chi connectivity index (χ0v) is 10.8. The second kappa shape index (κ2) is 6.23. The Morgan fingerprint density at radius 1 is 1.25 bits per heavy atom. The van der Waals surface area contributed by atoms with E-state index in [4.69, 9.17) is 0 Å². The molecule has 0 saturated carbocycles. The van der Waals surface area contributed by atoms with E-state index in [1.807, 2.05) is 13.0 Å². The summed E-state index contributed by atoms with van der Waals surface area (Å²) in [4.78, 5) is 16.2. The number of hydrogen-bond donors (Lipinski definition) is 0. The Kier molecular flexibility index (Phi) is 4.40. The molecule has 0 amide bonds. The number of pyridine rings is 1. The Hall–Kier alpha value is -2.30. The van der Waals surface area contributed by atoms with E-state index in [2.05, 4.69) is 9.72 Å². The van der Waals surface area contributed by atoms with Crippen molar-refractivity contribution in [2.45, 2.75) is 20.0 Å². The van der Waals surface area contributed by atoms with Gasteiger partial charge < -0.3 is 4.74 Å². The van der Waals surface area contributed by atoms with Crippen LogP contribution in [-0.4, -0.2) is 17.4 Å². The van der Waals surface area contributed by atoms with Crippen LogP contribution in [0.1, 0.15) is 21.6 Å². The fourth-order valence-corrected chi connectivity index (χ4v) is 1.78. The van der Waals surface area contributed by atoms with Crippen LogP contribution in [0.2, 0.25) is 0 Å². The van der Waals surface area contributed by atoms with Gasteiger partial charge in [0, 0.05) is 11.8 Å². The highest BCUT2D eigenvalue weighted by atomic mass is 19.3. The zero-order chi connectivity index (χ0) is 14.5. The fourth-order valence-electron chi connectivity index (χ4n) is 1.78. The Labute approximate surface area is 115 Å². The molecular weight excluding hydrogens is 264 g/mol. The largest absolute Gasteiger partial charge is 0.435 e. The third-order valence-electron chi connectivity index (χ3n) is 2.85. The number of aromatic nitrogens is 1. The van der Waals surface area contributed by atoms with Gasteiger partial charge in [-0.1, -0.05) is 6.07 Å². The van der Waals surface area contributed by atoms with E-state index in [0.717, 1.165) is 5.56 Å². The maximum absolute atomic E-state index is 12.1. The molecule has 104 valence electrons. The maximum Gasteiger partial charge on any atom is 0.387 e. The van der Waals surface area contributed by atoms with Crippen molar-refractivity contribution < 1.29 is 18.3 Å². The highest BCUT2D eigenvalue weighted by molar-refractivity contribution is 5.97. The van der Waals surface area contributed by atoms with Crippen molar-refractivity contribution in [3.8, 4) is 5.75 Å². The summed E-state index contributed by atoms with van der Waals surface area (Å²) in [6, 6.07) is 9.33. The van der Waals surface area contributed by atoms with Crippen LogP contribution in [0.15, 0.2) is 42.6 Å². The van der Waals surface area contributed by atoms with E-state index in [9.17, 15) is 13.6 Å². The van der Waals surface area contributed by atoms with Crippen LogP contribution < -0.4 is 4.74 Å². The summed E-state index contributed by atoms with van der Waals surface area (Å²) in [7, 11) is 0. The monoisotopic (exact) mass is 277 g/mol. The molecule has 2 aromatic rings. The summed E-state index contributed by atoms with van der Waals surface area (Å²) in [6.45, 7) is -0.984. The summed E-state index contributed by atoms with van der Waals surface area (Å²) >= 11 is 0. The van der Waals surface area contributed by atoms with Crippen molar-refractivity contribution in [3.05, 3.63) is 59.4 Å². The normalized spacial score (nSPS) is 10.6. The predicted molar refractivity (Wildman–Crippen MR) is 70.1 cm³/mol. The highest BCUT2D eigenvalue weighted by Gasteiger charge is 2.10. The lowest BCUT2D eigenvalue weighted by Gasteiger charge is -2.06. The molecule has 0 N–H and O–H groups in total. The number of ether oxygens (including phenoxy) is 1. The highest BCUT2D eigenvalue weighted by Crippen LogP contribution is 2.16. The average Bonchev–Trinajstić information content (AvgIpc) is 2.41. The number of rotatable bonds is 5. The van der Waals surface area contributed by atoms with Crippen LogP contribution in [0.5, 0.6) is 5.75 Å². The molecule has 3 nitrogen and oxygen atoms in total. The van der Waals surface area contributed by atoms with E-state index >= 15 is 0 Å². The molecule has 0 aliphatic carbocycles. The topological polar surface area (TPSA) is 39.2 Å². The molecule has 0 spiro atoms. The molecule has 0 aliphatic heterocycles. The lowest BCUT2D eigenvalue weighted by atomic mass is 10.0. The van der Waals surface area contributed by atoms with E-state index in [1.54, 1.807) is 12.3 Å². The molecule has 0 atom stereocenters. The first-order valence-corrected chi connectivity index (χ1v) is 6.05. The number of alkyl halides is 2. The van der Waals surface area contributed by atoms with Gasteiger partial charge in [0.05, 0.1) is 12.1 Å². The number of halogens is 2. The third kappa shape index (κ3) is 3.60. The Morgan fingerprint density at radius 2 is 1.95 bits per heavy atom. The van der Waals surface area contributed by atoms with Gasteiger partial charge in [0.2, 0.25) is 0 Å². The molecule has 0 fully saturated rings. The van der Waals surface area contributed by atoms with E-state index in [0.29, 0.717) is 11.3 Å². The Bertz CT molecular complexity index is 597. The standard InChI is InChI=1S/C15H13F2NO2/c1-10-3-2-8-18-13(10)9-14(19)11-4-6-12(7-5-11)20-15(16)17/h2-8,15H,9H2,1H3. The van der Waals surface area contributed by atoms with Gasteiger partial charge in [0.15, 0.2) is 5.78 Å². The fraction of sp³-hybridized carbons (Fsp3) is 0.200. The van der Waals surface area contributed by atoms with E-state index in [-0.39, 0.29) is 18.0 Å². The molecule has 0 radical (unpaired) electrons. The van der Waals surface area contributed by atoms with Gasteiger partial charge in [-0.05, 0) is 42.8 Å². The maximum atomic E-state index is 12.1. The van der Waals surface area contributed by atoms with Crippen LogP contribution in [0.4, 0.5) is 8.78 Å². The second-order valence-electron chi connectivity index (χ2n) is 4.27. The first-order chi connectivity index (χ1) is 9.56. The lowest BCUT2D eigenvalue weighted by molar-refractivity contribution is -0.0498. The number of aryl methyl sites for hydroxylation is 1. The van der Waals surface area contributed by atoms with Crippen LogP contribution >= 0.6 is 0 Å². The van der Waals surface area contributed by atoms with Crippen molar-refractivity contribution in [1.29, 1.82) is 0 Å². The summed E-state index contributed by atoms with van der Waals surface area (Å²) in [5.74, 6) is -0.0824. The molecule has 2 rings (SSSR count). The first-order valence-electron chi connectivity index (χ1n) is 6.05. The number of carbonyl (C=O) groups is 1. The number of hydrogen-bond acceptors (Lipinski definition) is 3. The molecule has 1 aromatic carbocycles. The zero-order valence-electron chi connectivity index (χ0n) is 10.8. The second-order valence-corrected chi connectivity index (χ2v) is 4.27. The summed E-state index contributed by atoms with van der Waals surface area (Å²) in [5.41, 5.74) is 2.10. The van der Waals surface area contributed by atoms with Crippen molar-refractivity contribution in [2.24, 2.45) is 0 Å². The summed E-state index contributed by atoms with van der Waals surface area (Å²) in [5, 5.41) is 0. The molecule has 0 saturated heterocycles. The minimum absolute atomic E-state index is 0.0329. The minimum Gasteiger partial charge on any atom is -0.435 e. The summed E-state index contributed by atoms with van der Waals surface area (Å²) < 4.78 is 28.3. The van der Waals surface area contributed by atoms with Gasteiger partial charge in [-0.15, -0.1) is 0 Å². The Morgan fingerprint density at radius 3 is 2.55 bits per heavy atom. The number of carbonyl (C=O) groups excluding carboxylic acids is 1. The van der Waals surface area contributed by atoms with Gasteiger partial charge in [-0.2, -0.15) is 8.78 Å². The number of Topliss-reactive ketones (excluding diaryl/α,β-unsaturated/α-hetero) is 1. The molecule has 1 heterocycles. The molecular formula is C15H13F2NO2. The predicted octanol–water partition coefficient (Wildman–Crippen LogP) is 3.42. The quantitative estimate of drug-likeness (QED) is 0.786. The van der Waals surface area contributed by atoms with Gasteiger partial charge in [0.25, 0.3) is 0 Å². The van der Waals surface area contributed by atoms with Gasteiger partial charge >= 0.3 is 6.61 Å². The minimum atomic E-state index is -2.87. The summed E-state index contributed by atoms with van der Waals surface area (Å²) in [6.07, 6.45) is 1.82. The van der Waals surface area contributed by atoms with E-state index in [1.165, 1.54) is 24.3 Å². The van der Waals surface area contributed by atoms with Crippen molar-refractivity contribution in [2.75, 3.05) is 0 Å². The molecule has 0 unspecified atom stereocenters. The lowest BCUT2D eigenvalue weighted by Crippen LogP contribution is -2.07. The van der Waals surface area contributed by atoms with Crippen LogP contribution in [-0.2, 0) is 6.42 Å². The molecule has 0 bridgehead atoms. The average molecular weight is 277 g/mol. The third-order valence-corrected chi connectivity index (χ3v) is 2.85. The van der Waals surface area contributed by atoms with Crippen LogP contribution in [0, 0.1) is 6.92 Å². The number of ketones is 1. The SMILES string of the molecule is Cc1cccnc1CC(=O)c1ccc(OC(F)F)cc1. The van der Waals surface area contributed by atoms with Crippen LogP contribution in [0.25, 0.3) is 0 Å². The molecule has 5 heteroatoms. The molecule has 1 aromatic heterocycles. The van der Waals surface area contributed by atoms with Crippen LogP contribution in [0.3, 0.4) is 0 Å². The first kappa shape index (κ1) is 14.1. The molecule has 0 aliphatic rings. The molecule has 20 heavy (non-hydrogen) atoms. The van der Waals surface area contributed by atoms with Gasteiger partial charge in [-0.3, -0.25) is 9.78 Å². The van der Waals surface area contributed by atoms with Crippen molar-refractivity contribution in [3.63, 3.8) is 0 Å². The Balaban J connectivity index is 2.08. The van der Waals surface area contributed by atoms with Crippen molar-refractivity contribution >= 4 is 5.78 Å². The van der Waals surface area contributed by atoms with E-state index < -0.39 is 6.61 Å². The van der Waals surface area contributed by atoms with Crippen molar-refractivity contribution in [1.82, 2.24) is 4.98 Å². The van der Waals surface area contributed by atoms with Gasteiger partial charge in [0.1, 0.15) is 5.75 Å². The van der Waals surface area contributed by atoms with Gasteiger partial charge in [-0.25, -0.2) is 0 Å².